The Balaban J connectivity index is 2.55. The number of hydrogen-bond donors (Lipinski definition) is 0. The average molecular weight is 395 g/mol. The van der Waals surface area contributed by atoms with Gasteiger partial charge >= 0.3 is 6.18 Å². The third-order valence-electron chi connectivity index (χ3n) is 3.61. The smallest absolute Gasteiger partial charge is 0.319 e. The first-order valence-corrected chi connectivity index (χ1v) is 8.73. The van der Waals surface area contributed by atoms with E-state index in [-0.39, 0.29) is 14.9 Å². The summed E-state index contributed by atoms with van der Waals surface area (Å²) in [5.74, 6) is 0. The van der Waals surface area contributed by atoms with E-state index < -0.39 is 32.7 Å². The largest absolute Gasteiger partial charge is 0.409 e. The number of pyridine rings is 1. The van der Waals surface area contributed by atoms with Crippen molar-refractivity contribution in [3.8, 4) is 0 Å². The van der Waals surface area contributed by atoms with Crippen molar-refractivity contribution in [3.63, 3.8) is 0 Å². The predicted molar refractivity (Wildman–Crippen MR) is 86.9 cm³/mol. The lowest BCUT2D eigenvalue weighted by molar-refractivity contribution is -0.171. The van der Waals surface area contributed by atoms with Gasteiger partial charge in [0, 0.05) is 31.4 Å². The number of rotatable bonds is 4. The Labute approximate surface area is 147 Å². The summed E-state index contributed by atoms with van der Waals surface area (Å²) in [5, 5.41) is 0.224. The number of sulfonamides is 1. The fourth-order valence-corrected chi connectivity index (χ4v) is 3.71. The molecule has 136 valence electrons. The Morgan fingerprint density at radius 1 is 1.16 bits per heavy atom. The quantitative estimate of drug-likeness (QED) is 0.801. The first kappa shape index (κ1) is 19.5. The third kappa shape index (κ3) is 4.05. The molecule has 0 saturated carbocycles. The summed E-state index contributed by atoms with van der Waals surface area (Å²) in [6.45, 7) is 0. The average Bonchev–Trinajstić information content (AvgIpc) is 2.50. The van der Waals surface area contributed by atoms with Crippen LogP contribution in [0.25, 0.3) is 0 Å². The minimum atomic E-state index is -4.87. The fourth-order valence-electron chi connectivity index (χ4n) is 2.25. The molecule has 0 bridgehead atoms. The summed E-state index contributed by atoms with van der Waals surface area (Å²) in [7, 11) is -2.34. The van der Waals surface area contributed by atoms with E-state index in [0.717, 1.165) is 35.9 Å². The van der Waals surface area contributed by atoms with Crippen molar-refractivity contribution in [1.82, 2.24) is 8.87 Å². The van der Waals surface area contributed by atoms with Gasteiger partial charge in [0.25, 0.3) is 5.56 Å². The molecule has 0 radical (unpaired) electrons. The normalized spacial score (nSPS) is 13.9. The summed E-state index contributed by atoms with van der Waals surface area (Å²) in [5.41, 5.74) is -0.934. The minimum Gasteiger partial charge on any atom is -0.319 e. The van der Waals surface area contributed by atoms with E-state index in [4.69, 9.17) is 11.6 Å². The zero-order chi connectivity index (χ0) is 19.0. The number of benzene rings is 1. The van der Waals surface area contributed by atoms with Crippen LogP contribution in [0.5, 0.6) is 0 Å². The van der Waals surface area contributed by atoms with Crippen molar-refractivity contribution in [2.45, 2.75) is 17.1 Å². The molecule has 1 aromatic heterocycles. The molecule has 0 N–H and O–H groups in total. The molecule has 0 aliphatic heterocycles. The number of aromatic nitrogens is 1. The maximum atomic E-state index is 13.5. The van der Waals surface area contributed by atoms with Gasteiger partial charge in [0.15, 0.2) is 0 Å². The van der Waals surface area contributed by atoms with E-state index in [1.807, 2.05) is 0 Å². The van der Waals surface area contributed by atoms with Crippen LogP contribution in [0.4, 0.5) is 13.2 Å². The molecular formula is C15H14ClF3N2O3S. The van der Waals surface area contributed by atoms with E-state index in [1.165, 1.54) is 25.4 Å². The Morgan fingerprint density at radius 3 is 2.20 bits per heavy atom. The highest BCUT2D eigenvalue weighted by Crippen LogP contribution is 2.39. The second kappa shape index (κ2) is 6.81. The number of alkyl halides is 3. The van der Waals surface area contributed by atoms with Gasteiger partial charge in [0.05, 0.1) is 4.90 Å². The Bertz CT molecular complexity index is 924. The van der Waals surface area contributed by atoms with Crippen LogP contribution in [0.2, 0.25) is 5.02 Å². The standard InChI is InChI=1S/C15H14ClF3N2O3S/c1-20-8-7-12(9-13(20)22)25(23,24)21(2)14(15(17,18)19)10-3-5-11(16)6-4-10/h3-9,14H,1-2H3. The SMILES string of the molecule is CN(C(c1ccc(Cl)cc1)C(F)(F)F)S(=O)(=O)c1ccn(C)c(=O)c1. The topological polar surface area (TPSA) is 59.4 Å². The molecular weight excluding hydrogens is 381 g/mol. The molecule has 0 fully saturated rings. The monoisotopic (exact) mass is 394 g/mol. The first-order valence-electron chi connectivity index (χ1n) is 6.91. The van der Waals surface area contributed by atoms with Crippen molar-refractivity contribution in [2.24, 2.45) is 7.05 Å². The van der Waals surface area contributed by atoms with Gasteiger partial charge in [0.1, 0.15) is 6.04 Å². The van der Waals surface area contributed by atoms with Crippen LogP contribution in [-0.4, -0.2) is 30.5 Å². The molecule has 2 rings (SSSR count). The van der Waals surface area contributed by atoms with Crippen LogP contribution in [0, 0.1) is 0 Å². The number of hydrogen-bond acceptors (Lipinski definition) is 3. The van der Waals surface area contributed by atoms with E-state index >= 15 is 0 Å². The van der Waals surface area contributed by atoms with Crippen LogP contribution < -0.4 is 5.56 Å². The highest BCUT2D eigenvalue weighted by molar-refractivity contribution is 7.89. The molecule has 1 heterocycles. The minimum absolute atomic E-state index is 0.199. The number of nitrogens with zero attached hydrogens (tertiary/aromatic N) is 2. The van der Waals surface area contributed by atoms with Crippen LogP contribution >= 0.6 is 11.6 Å². The van der Waals surface area contributed by atoms with Gasteiger partial charge in [-0.1, -0.05) is 23.7 Å². The first-order chi connectivity index (χ1) is 11.4. The summed E-state index contributed by atoms with van der Waals surface area (Å²) in [6, 6.07) is 4.14. The predicted octanol–water partition coefficient (Wildman–Crippen LogP) is 2.96. The Hall–Kier alpha value is -1.84. The second-order valence-corrected chi connectivity index (χ2v) is 7.76. The molecule has 0 saturated heterocycles. The molecule has 1 unspecified atom stereocenters. The lowest BCUT2D eigenvalue weighted by Crippen LogP contribution is -2.40. The van der Waals surface area contributed by atoms with Crippen LogP contribution in [0.3, 0.4) is 0 Å². The van der Waals surface area contributed by atoms with Crippen molar-refractivity contribution in [2.75, 3.05) is 7.05 Å². The number of halogens is 4. The summed E-state index contributed by atoms with van der Waals surface area (Å²) < 4.78 is 67.1. The molecule has 2 aromatic rings. The van der Waals surface area contributed by atoms with Crippen molar-refractivity contribution in [3.05, 3.63) is 63.5 Å². The summed E-state index contributed by atoms with van der Waals surface area (Å²) >= 11 is 5.68. The van der Waals surface area contributed by atoms with E-state index in [1.54, 1.807) is 0 Å². The highest BCUT2D eigenvalue weighted by Gasteiger charge is 2.47. The maximum absolute atomic E-state index is 13.5. The number of aryl methyl sites for hydroxylation is 1. The Morgan fingerprint density at radius 2 is 1.72 bits per heavy atom. The molecule has 0 aliphatic rings. The van der Waals surface area contributed by atoms with Crippen molar-refractivity contribution in [1.29, 1.82) is 0 Å². The molecule has 1 atom stereocenters. The molecule has 25 heavy (non-hydrogen) atoms. The summed E-state index contributed by atoms with van der Waals surface area (Å²) in [6.07, 6.45) is -3.69. The highest BCUT2D eigenvalue weighted by atomic mass is 35.5. The van der Waals surface area contributed by atoms with Gasteiger partial charge in [-0.05, 0) is 23.8 Å². The zero-order valence-corrected chi connectivity index (χ0v) is 14.7. The molecule has 0 amide bonds. The van der Waals surface area contributed by atoms with Gasteiger partial charge in [0.2, 0.25) is 10.0 Å². The Kier molecular flexibility index (Phi) is 5.31. The lowest BCUT2D eigenvalue weighted by atomic mass is 10.1. The molecule has 0 spiro atoms. The van der Waals surface area contributed by atoms with Crippen LogP contribution in [-0.2, 0) is 17.1 Å². The van der Waals surface area contributed by atoms with E-state index in [9.17, 15) is 26.4 Å². The van der Waals surface area contributed by atoms with Crippen LogP contribution in [0.1, 0.15) is 11.6 Å². The van der Waals surface area contributed by atoms with Gasteiger partial charge in [-0.15, -0.1) is 0 Å². The lowest BCUT2D eigenvalue weighted by Gasteiger charge is -2.29. The van der Waals surface area contributed by atoms with E-state index in [0.29, 0.717) is 0 Å². The van der Waals surface area contributed by atoms with Gasteiger partial charge < -0.3 is 4.57 Å². The molecule has 10 heteroatoms. The van der Waals surface area contributed by atoms with Crippen molar-refractivity contribution < 1.29 is 21.6 Å². The fraction of sp³-hybridized carbons (Fsp3) is 0.267. The maximum Gasteiger partial charge on any atom is 0.409 e. The molecule has 5 nitrogen and oxygen atoms in total. The van der Waals surface area contributed by atoms with E-state index in [2.05, 4.69) is 0 Å². The molecule has 0 aliphatic carbocycles. The summed E-state index contributed by atoms with van der Waals surface area (Å²) in [4.78, 5) is 11.1. The van der Waals surface area contributed by atoms with Gasteiger partial charge in [-0.25, -0.2) is 8.42 Å². The van der Waals surface area contributed by atoms with Crippen molar-refractivity contribution >= 4 is 21.6 Å². The van der Waals surface area contributed by atoms with Gasteiger partial charge in [-0.2, -0.15) is 17.5 Å². The third-order valence-corrected chi connectivity index (χ3v) is 5.68. The molecule has 1 aromatic carbocycles. The van der Waals surface area contributed by atoms with Gasteiger partial charge in [-0.3, -0.25) is 4.79 Å². The zero-order valence-electron chi connectivity index (χ0n) is 13.2. The second-order valence-electron chi connectivity index (χ2n) is 5.33. The van der Waals surface area contributed by atoms with Crippen LogP contribution in [0.15, 0.2) is 52.3 Å².